The first-order valence-electron chi connectivity index (χ1n) is 9.16. The van der Waals surface area contributed by atoms with E-state index in [9.17, 15) is 9.59 Å². The van der Waals surface area contributed by atoms with Gasteiger partial charge >= 0.3 is 11.9 Å². The van der Waals surface area contributed by atoms with Crippen LogP contribution < -0.4 is 4.74 Å². The SMILES string of the molecule is CCOC(=O)C(=Cc1ccc(OC)cc1)c1nc2ccc(C(=O)OCC)cc2o1. The van der Waals surface area contributed by atoms with Crippen molar-refractivity contribution in [3.05, 3.63) is 59.5 Å². The average molecular weight is 395 g/mol. The van der Waals surface area contributed by atoms with Gasteiger partial charge in [-0.15, -0.1) is 0 Å². The number of methoxy groups -OCH3 is 1. The van der Waals surface area contributed by atoms with Crippen LogP contribution in [0.1, 0.15) is 35.7 Å². The van der Waals surface area contributed by atoms with Gasteiger partial charge in [-0.25, -0.2) is 14.6 Å². The van der Waals surface area contributed by atoms with Crippen LogP contribution in [0.4, 0.5) is 0 Å². The van der Waals surface area contributed by atoms with Gasteiger partial charge in [0.1, 0.15) is 16.8 Å². The number of ether oxygens (including phenoxy) is 3. The van der Waals surface area contributed by atoms with Gasteiger partial charge in [-0.2, -0.15) is 0 Å². The molecule has 0 N–H and O–H groups in total. The highest BCUT2D eigenvalue weighted by atomic mass is 16.5. The molecule has 0 amide bonds. The first kappa shape index (κ1) is 20.1. The van der Waals surface area contributed by atoms with Gasteiger partial charge in [0.05, 0.1) is 25.9 Å². The normalized spacial score (nSPS) is 11.3. The molecule has 0 saturated carbocycles. The number of oxazole rings is 1. The van der Waals surface area contributed by atoms with Crippen molar-refractivity contribution in [3.8, 4) is 5.75 Å². The molecule has 1 heterocycles. The zero-order valence-corrected chi connectivity index (χ0v) is 16.4. The van der Waals surface area contributed by atoms with Crippen LogP contribution in [0.5, 0.6) is 5.75 Å². The van der Waals surface area contributed by atoms with Gasteiger partial charge in [0.2, 0.25) is 5.89 Å². The molecule has 7 heteroatoms. The third-order valence-corrected chi connectivity index (χ3v) is 4.05. The van der Waals surface area contributed by atoms with Crippen molar-refractivity contribution in [1.82, 2.24) is 4.98 Å². The number of aromatic nitrogens is 1. The summed E-state index contributed by atoms with van der Waals surface area (Å²) in [6.45, 7) is 3.95. The Hall–Kier alpha value is -3.61. The molecule has 0 unspecified atom stereocenters. The third-order valence-electron chi connectivity index (χ3n) is 4.05. The molecule has 0 bridgehead atoms. The van der Waals surface area contributed by atoms with E-state index in [1.807, 2.05) is 0 Å². The van der Waals surface area contributed by atoms with Crippen LogP contribution in [0.3, 0.4) is 0 Å². The molecule has 0 saturated heterocycles. The highest BCUT2D eigenvalue weighted by molar-refractivity contribution is 6.20. The lowest BCUT2D eigenvalue weighted by atomic mass is 10.1. The van der Waals surface area contributed by atoms with Crippen LogP contribution in [-0.2, 0) is 14.3 Å². The second kappa shape index (κ2) is 9.05. The molecule has 0 aliphatic carbocycles. The topological polar surface area (TPSA) is 87.9 Å². The van der Waals surface area contributed by atoms with Crippen LogP contribution in [-0.4, -0.2) is 37.2 Å². The molecule has 0 radical (unpaired) electrons. The zero-order chi connectivity index (χ0) is 20.8. The maximum Gasteiger partial charge on any atom is 0.343 e. The molecule has 0 aliphatic heterocycles. The predicted octanol–water partition coefficient (Wildman–Crippen LogP) is 4.12. The van der Waals surface area contributed by atoms with E-state index in [0.29, 0.717) is 22.4 Å². The number of hydrogen-bond acceptors (Lipinski definition) is 7. The van der Waals surface area contributed by atoms with E-state index in [4.69, 9.17) is 18.6 Å². The molecule has 0 aliphatic rings. The summed E-state index contributed by atoms with van der Waals surface area (Å²) in [4.78, 5) is 28.8. The number of carbonyl (C=O) groups excluding carboxylic acids is 2. The van der Waals surface area contributed by atoms with Crippen molar-refractivity contribution in [3.63, 3.8) is 0 Å². The van der Waals surface area contributed by atoms with Crippen molar-refractivity contribution < 1.29 is 28.2 Å². The standard InChI is InChI=1S/C22H21NO6/c1-4-27-21(24)15-8-11-18-19(13-15)29-20(23-18)17(22(25)28-5-2)12-14-6-9-16(26-3)10-7-14/h6-13H,4-5H2,1-3H3. The Bertz CT molecular complexity index is 1050. The van der Waals surface area contributed by atoms with E-state index in [2.05, 4.69) is 4.98 Å². The fraction of sp³-hybridized carbons (Fsp3) is 0.227. The first-order chi connectivity index (χ1) is 14.0. The van der Waals surface area contributed by atoms with Gasteiger partial charge in [-0.1, -0.05) is 12.1 Å². The Labute approximate surface area is 167 Å². The van der Waals surface area contributed by atoms with Gasteiger partial charge in [-0.3, -0.25) is 0 Å². The van der Waals surface area contributed by atoms with Gasteiger partial charge in [0.15, 0.2) is 5.58 Å². The number of fused-ring (bicyclic) bond motifs is 1. The average Bonchev–Trinajstić information content (AvgIpc) is 3.15. The smallest absolute Gasteiger partial charge is 0.343 e. The summed E-state index contributed by atoms with van der Waals surface area (Å²) in [6, 6.07) is 12.0. The summed E-state index contributed by atoms with van der Waals surface area (Å²) >= 11 is 0. The minimum absolute atomic E-state index is 0.107. The quantitative estimate of drug-likeness (QED) is 0.439. The summed E-state index contributed by atoms with van der Waals surface area (Å²) in [5, 5.41) is 0. The molecular weight excluding hydrogens is 374 g/mol. The van der Waals surface area contributed by atoms with Crippen molar-refractivity contribution in [1.29, 1.82) is 0 Å². The molecule has 7 nitrogen and oxygen atoms in total. The fourth-order valence-corrected chi connectivity index (χ4v) is 2.66. The van der Waals surface area contributed by atoms with Gasteiger partial charge in [-0.05, 0) is 55.8 Å². The van der Waals surface area contributed by atoms with Crippen molar-refractivity contribution in [2.75, 3.05) is 20.3 Å². The fourth-order valence-electron chi connectivity index (χ4n) is 2.66. The monoisotopic (exact) mass is 395 g/mol. The highest BCUT2D eigenvalue weighted by Crippen LogP contribution is 2.26. The second-order valence-corrected chi connectivity index (χ2v) is 5.97. The van der Waals surface area contributed by atoms with Crippen LogP contribution in [0, 0.1) is 0 Å². The molecule has 0 fully saturated rings. The molecule has 2 aromatic carbocycles. The van der Waals surface area contributed by atoms with E-state index >= 15 is 0 Å². The number of benzene rings is 2. The lowest BCUT2D eigenvalue weighted by Gasteiger charge is -2.04. The van der Waals surface area contributed by atoms with Crippen molar-refractivity contribution in [2.45, 2.75) is 13.8 Å². The maximum atomic E-state index is 12.5. The molecular formula is C22H21NO6. The molecule has 1 aromatic heterocycles. The minimum atomic E-state index is -0.555. The number of esters is 2. The molecule has 3 aromatic rings. The van der Waals surface area contributed by atoms with Crippen LogP contribution in [0.25, 0.3) is 22.7 Å². The van der Waals surface area contributed by atoms with E-state index in [0.717, 1.165) is 5.56 Å². The number of carbonyl (C=O) groups is 2. The Morgan fingerprint density at radius 3 is 2.41 bits per heavy atom. The molecule has 0 atom stereocenters. The van der Waals surface area contributed by atoms with Crippen molar-refractivity contribution in [2.24, 2.45) is 0 Å². The van der Waals surface area contributed by atoms with Crippen molar-refractivity contribution >= 4 is 34.7 Å². The largest absolute Gasteiger partial charge is 0.497 e. The minimum Gasteiger partial charge on any atom is -0.497 e. The van der Waals surface area contributed by atoms with Gasteiger partial charge < -0.3 is 18.6 Å². The molecule has 3 rings (SSSR count). The first-order valence-corrected chi connectivity index (χ1v) is 9.16. The van der Waals surface area contributed by atoms with Crippen LogP contribution in [0.2, 0.25) is 0 Å². The Morgan fingerprint density at radius 2 is 1.76 bits per heavy atom. The number of nitrogens with zero attached hydrogens (tertiary/aromatic N) is 1. The summed E-state index contributed by atoms with van der Waals surface area (Å²) < 4.78 is 21.1. The predicted molar refractivity (Wildman–Crippen MR) is 107 cm³/mol. The lowest BCUT2D eigenvalue weighted by molar-refractivity contribution is -0.136. The molecule has 150 valence electrons. The highest BCUT2D eigenvalue weighted by Gasteiger charge is 2.20. The third kappa shape index (κ3) is 4.63. The van der Waals surface area contributed by atoms with E-state index in [1.54, 1.807) is 69.5 Å². The maximum absolute atomic E-state index is 12.5. The van der Waals surface area contributed by atoms with E-state index in [1.165, 1.54) is 0 Å². The van der Waals surface area contributed by atoms with Crippen LogP contribution >= 0.6 is 0 Å². The Balaban J connectivity index is 2.02. The Morgan fingerprint density at radius 1 is 1.03 bits per heavy atom. The summed E-state index contributed by atoms with van der Waals surface area (Å²) in [6.07, 6.45) is 1.63. The Kier molecular flexibility index (Phi) is 6.29. The van der Waals surface area contributed by atoms with Gasteiger partial charge in [0.25, 0.3) is 0 Å². The summed E-state index contributed by atoms with van der Waals surface area (Å²) in [7, 11) is 1.58. The lowest BCUT2D eigenvalue weighted by Crippen LogP contribution is -2.07. The van der Waals surface area contributed by atoms with E-state index in [-0.39, 0.29) is 24.7 Å². The molecule has 0 spiro atoms. The summed E-state index contributed by atoms with van der Waals surface area (Å²) in [5.74, 6) is -0.198. The van der Waals surface area contributed by atoms with Crippen LogP contribution in [0.15, 0.2) is 46.9 Å². The van der Waals surface area contributed by atoms with Gasteiger partial charge in [0, 0.05) is 0 Å². The van der Waals surface area contributed by atoms with E-state index < -0.39 is 11.9 Å². The second-order valence-electron chi connectivity index (χ2n) is 5.97. The zero-order valence-electron chi connectivity index (χ0n) is 16.4. The summed E-state index contributed by atoms with van der Waals surface area (Å²) in [5.41, 5.74) is 2.15. The number of rotatable bonds is 7. The number of hydrogen-bond donors (Lipinski definition) is 0. The molecule has 29 heavy (non-hydrogen) atoms.